The summed E-state index contributed by atoms with van der Waals surface area (Å²) < 4.78 is 0. The molecule has 18 heavy (non-hydrogen) atoms. The van der Waals surface area contributed by atoms with Crippen LogP contribution in [0, 0.1) is 0 Å². The van der Waals surface area contributed by atoms with E-state index < -0.39 is 0 Å². The highest BCUT2D eigenvalue weighted by Crippen LogP contribution is 2.25. The second-order valence-corrected chi connectivity index (χ2v) is 5.75. The van der Waals surface area contributed by atoms with Gasteiger partial charge in [-0.25, -0.2) is 0 Å². The van der Waals surface area contributed by atoms with Crippen molar-refractivity contribution < 1.29 is 0 Å². The predicted octanol–water partition coefficient (Wildman–Crippen LogP) is 4.35. The smallest absolute Gasteiger partial charge is 0.0598 e. The van der Waals surface area contributed by atoms with Crippen molar-refractivity contribution in [3.63, 3.8) is 0 Å². The van der Waals surface area contributed by atoms with E-state index in [1.165, 1.54) is 45.2 Å². The van der Waals surface area contributed by atoms with Gasteiger partial charge in [-0.2, -0.15) is 0 Å². The minimum absolute atomic E-state index is 0. The molecule has 110 valence electrons. The van der Waals surface area contributed by atoms with Crippen LogP contribution in [0.1, 0.15) is 74.1 Å². The van der Waals surface area contributed by atoms with Crippen LogP contribution in [0.15, 0.2) is 0 Å². The molecule has 0 aliphatic carbocycles. The van der Waals surface area contributed by atoms with E-state index in [0.717, 1.165) is 12.1 Å². The van der Waals surface area contributed by atoms with E-state index in [1.54, 1.807) is 0 Å². The van der Waals surface area contributed by atoms with Crippen LogP contribution in [0.25, 0.3) is 0 Å². The third kappa shape index (κ3) is 4.55. The molecule has 0 aromatic carbocycles. The Morgan fingerprint density at radius 3 is 1.56 bits per heavy atom. The normalized spacial score (nSPS) is 30.2. The van der Waals surface area contributed by atoms with E-state index in [1.807, 2.05) is 0 Å². The first-order chi connectivity index (χ1) is 8.11. The van der Waals surface area contributed by atoms with Gasteiger partial charge in [-0.3, -0.25) is 9.80 Å². The van der Waals surface area contributed by atoms with Crippen molar-refractivity contribution in [1.29, 1.82) is 0 Å². The first kappa shape index (κ1) is 17.9. The molecular weight excluding hydrogens is 220 g/mol. The Labute approximate surface area is 116 Å². The van der Waals surface area contributed by atoms with Crippen LogP contribution in [-0.4, -0.2) is 41.1 Å². The summed E-state index contributed by atoms with van der Waals surface area (Å²) in [5.41, 5.74) is 0. The Bertz CT molecular complexity index is 185. The molecule has 2 atom stereocenters. The van der Waals surface area contributed by atoms with Crippen LogP contribution in [0.2, 0.25) is 0 Å². The van der Waals surface area contributed by atoms with Gasteiger partial charge in [0.1, 0.15) is 0 Å². The van der Waals surface area contributed by atoms with Gasteiger partial charge in [0.25, 0.3) is 0 Å². The number of hydrogen-bond donors (Lipinski definition) is 0. The topological polar surface area (TPSA) is 6.48 Å². The second-order valence-electron chi connectivity index (χ2n) is 5.75. The lowest BCUT2D eigenvalue weighted by atomic mass is 10.00. The Hall–Kier alpha value is -0.0800. The van der Waals surface area contributed by atoms with Crippen molar-refractivity contribution in [1.82, 2.24) is 9.80 Å². The van der Waals surface area contributed by atoms with Crippen LogP contribution in [0.3, 0.4) is 0 Å². The molecule has 1 aliphatic rings. The summed E-state index contributed by atoms with van der Waals surface area (Å²) in [5.74, 6) is 0. The number of hydrogen-bond acceptors (Lipinski definition) is 2. The molecule has 0 saturated carbocycles. The van der Waals surface area contributed by atoms with Gasteiger partial charge in [0, 0.05) is 12.1 Å². The average molecular weight is 256 g/mol. The van der Waals surface area contributed by atoms with Crippen molar-refractivity contribution in [2.24, 2.45) is 0 Å². The maximum Gasteiger partial charge on any atom is 0.0598 e. The molecule has 0 spiro atoms. The Morgan fingerprint density at radius 1 is 0.833 bits per heavy atom. The largest absolute Gasteiger partial charge is 0.285 e. The van der Waals surface area contributed by atoms with Gasteiger partial charge in [0.2, 0.25) is 0 Å². The molecule has 0 N–H and O–H groups in total. The third-order valence-electron chi connectivity index (χ3n) is 4.31. The zero-order valence-electron chi connectivity index (χ0n) is 12.6. The molecule has 1 rings (SSSR count). The van der Waals surface area contributed by atoms with Gasteiger partial charge in [0.15, 0.2) is 0 Å². The summed E-state index contributed by atoms with van der Waals surface area (Å²) in [7, 11) is 0. The Morgan fingerprint density at radius 2 is 1.22 bits per heavy atom. The molecule has 0 aromatic rings. The highest BCUT2D eigenvalue weighted by Gasteiger charge is 2.33. The lowest BCUT2D eigenvalue weighted by Crippen LogP contribution is -2.59. The molecule has 0 aromatic heterocycles. The fourth-order valence-electron chi connectivity index (χ4n) is 3.19. The molecule has 0 radical (unpaired) electrons. The number of nitrogens with zero attached hydrogens (tertiary/aromatic N) is 2. The maximum atomic E-state index is 2.71. The molecule has 1 saturated heterocycles. The van der Waals surface area contributed by atoms with Crippen LogP contribution >= 0.6 is 0 Å². The van der Waals surface area contributed by atoms with Gasteiger partial charge >= 0.3 is 0 Å². The predicted molar refractivity (Wildman–Crippen MR) is 83.0 cm³/mol. The van der Waals surface area contributed by atoms with E-state index in [4.69, 9.17) is 0 Å². The molecular formula is C16H36N2. The van der Waals surface area contributed by atoms with Crippen LogP contribution in [-0.2, 0) is 0 Å². The first-order valence-electron chi connectivity index (χ1n) is 7.63. The van der Waals surface area contributed by atoms with Crippen molar-refractivity contribution in [2.45, 2.75) is 92.4 Å². The number of rotatable bonds is 6. The molecule has 2 nitrogen and oxygen atoms in total. The average Bonchev–Trinajstić information content (AvgIpc) is 2.28. The second kappa shape index (κ2) is 8.92. The van der Waals surface area contributed by atoms with Crippen LogP contribution in [0.4, 0.5) is 0 Å². The summed E-state index contributed by atoms with van der Waals surface area (Å²) in [6.45, 7) is 14.3. The SMILES string of the molecule is C.CCCCN1C(C)CC(C)N(CCCC)C1C. The van der Waals surface area contributed by atoms with E-state index in [9.17, 15) is 0 Å². The quantitative estimate of drug-likeness (QED) is 0.697. The van der Waals surface area contributed by atoms with Crippen molar-refractivity contribution >= 4 is 0 Å². The summed E-state index contributed by atoms with van der Waals surface area (Å²) in [4.78, 5) is 5.42. The van der Waals surface area contributed by atoms with Crippen molar-refractivity contribution in [3.05, 3.63) is 0 Å². The van der Waals surface area contributed by atoms with Gasteiger partial charge in [-0.1, -0.05) is 34.1 Å². The third-order valence-corrected chi connectivity index (χ3v) is 4.31. The van der Waals surface area contributed by atoms with E-state index in [2.05, 4.69) is 44.4 Å². The van der Waals surface area contributed by atoms with Gasteiger partial charge in [-0.05, 0) is 53.1 Å². The summed E-state index contributed by atoms with van der Waals surface area (Å²) in [5, 5.41) is 0. The Kier molecular flexibility index (Phi) is 8.89. The summed E-state index contributed by atoms with van der Waals surface area (Å²) >= 11 is 0. The first-order valence-corrected chi connectivity index (χ1v) is 7.63. The van der Waals surface area contributed by atoms with Gasteiger partial charge in [0.05, 0.1) is 6.17 Å². The Balaban J connectivity index is 0.00000289. The fourth-order valence-corrected chi connectivity index (χ4v) is 3.19. The molecule has 1 fully saturated rings. The summed E-state index contributed by atoms with van der Waals surface area (Å²) in [6.07, 6.45) is 7.25. The van der Waals surface area contributed by atoms with Crippen LogP contribution in [0.5, 0.6) is 0 Å². The highest BCUT2D eigenvalue weighted by molar-refractivity contribution is 4.86. The molecule has 2 unspecified atom stereocenters. The lowest BCUT2D eigenvalue weighted by molar-refractivity contribution is -0.0490. The van der Waals surface area contributed by atoms with E-state index in [-0.39, 0.29) is 7.43 Å². The summed E-state index contributed by atoms with van der Waals surface area (Å²) in [6, 6.07) is 1.51. The molecule has 1 heterocycles. The van der Waals surface area contributed by atoms with E-state index in [0.29, 0.717) is 6.17 Å². The number of unbranched alkanes of at least 4 members (excludes halogenated alkanes) is 2. The van der Waals surface area contributed by atoms with Crippen LogP contribution < -0.4 is 0 Å². The molecule has 1 aliphatic heterocycles. The van der Waals surface area contributed by atoms with Gasteiger partial charge in [-0.15, -0.1) is 0 Å². The zero-order chi connectivity index (χ0) is 12.8. The molecule has 2 heteroatoms. The monoisotopic (exact) mass is 256 g/mol. The van der Waals surface area contributed by atoms with Crippen molar-refractivity contribution in [2.75, 3.05) is 13.1 Å². The lowest BCUT2D eigenvalue weighted by Gasteiger charge is -2.49. The molecule has 0 bridgehead atoms. The van der Waals surface area contributed by atoms with Gasteiger partial charge < -0.3 is 0 Å². The van der Waals surface area contributed by atoms with Crippen molar-refractivity contribution in [3.8, 4) is 0 Å². The zero-order valence-corrected chi connectivity index (χ0v) is 12.6. The fraction of sp³-hybridized carbons (Fsp3) is 1.00. The molecule has 0 amide bonds. The maximum absolute atomic E-state index is 2.71. The standard InChI is InChI=1S/C15H32N2.CH4/c1-6-8-10-16-13(3)12-14(4)17(15(16)5)11-9-7-2;/h13-15H,6-12H2,1-5H3;1H4. The minimum atomic E-state index is 0. The minimum Gasteiger partial charge on any atom is -0.285 e. The van der Waals surface area contributed by atoms with E-state index >= 15 is 0 Å². The highest BCUT2D eigenvalue weighted by atomic mass is 15.4.